The molecule has 1 aliphatic heterocycles. The van der Waals surface area contributed by atoms with Gasteiger partial charge < -0.3 is 19.6 Å². The first kappa shape index (κ1) is 12.1. The summed E-state index contributed by atoms with van der Waals surface area (Å²) in [6.07, 6.45) is 0. The van der Waals surface area contributed by atoms with Crippen LogP contribution < -0.4 is 9.47 Å². The highest BCUT2D eigenvalue weighted by molar-refractivity contribution is 5.69. The molecule has 1 aliphatic rings. The fourth-order valence-corrected chi connectivity index (χ4v) is 2.39. The van der Waals surface area contributed by atoms with E-state index in [0.717, 1.165) is 39.6 Å². The number of hydrogen-bond donors (Lipinski definition) is 2. The third-order valence-corrected chi connectivity index (χ3v) is 3.47. The number of hydrogen-bond acceptors (Lipinski definition) is 3. The molecule has 0 radical (unpaired) electrons. The zero-order chi connectivity index (χ0) is 13.4. The van der Waals surface area contributed by atoms with E-state index in [2.05, 4.69) is 4.98 Å². The van der Waals surface area contributed by atoms with Gasteiger partial charge in [-0.15, -0.1) is 0 Å². The van der Waals surface area contributed by atoms with Gasteiger partial charge in [0.25, 0.3) is 0 Å². The van der Waals surface area contributed by atoms with E-state index >= 15 is 0 Å². The summed E-state index contributed by atoms with van der Waals surface area (Å²) >= 11 is 0. The number of aryl methyl sites for hydroxylation is 2. The minimum atomic E-state index is 0.0476. The highest BCUT2D eigenvalue weighted by atomic mass is 16.6. The highest BCUT2D eigenvalue weighted by Crippen LogP contribution is 2.37. The Morgan fingerprint density at radius 1 is 1.11 bits per heavy atom. The van der Waals surface area contributed by atoms with Crippen LogP contribution in [0.3, 0.4) is 0 Å². The molecule has 100 valence electrons. The zero-order valence-corrected chi connectivity index (χ0v) is 11.1. The summed E-state index contributed by atoms with van der Waals surface area (Å²) in [6.45, 7) is 5.24. The minimum Gasteiger partial charge on any atom is -0.486 e. The van der Waals surface area contributed by atoms with Crippen molar-refractivity contribution in [1.82, 2.24) is 4.98 Å². The first-order chi connectivity index (χ1) is 9.19. The van der Waals surface area contributed by atoms with Crippen LogP contribution in [0.4, 0.5) is 0 Å². The van der Waals surface area contributed by atoms with E-state index in [1.807, 2.05) is 32.0 Å². The molecule has 3 rings (SSSR count). The second-order valence-corrected chi connectivity index (χ2v) is 4.80. The maximum atomic E-state index is 9.28. The summed E-state index contributed by atoms with van der Waals surface area (Å²) in [5.74, 6) is 1.59. The Hall–Kier alpha value is -1.94. The Morgan fingerprint density at radius 3 is 2.42 bits per heavy atom. The van der Waals surface area contributed by atoms with Crippen molar-refractivity contribution in [1.29, 1.82) is 0 Å². The molecule has 4 heteroatoms. The molecule has 1 aromatic heterocycles. The van der Waals surface area contributed by atoms with Crippen LogP contribution in [0.1, 0.15) is 16.8 Å². The number of aliphatic hydroxyl groups excluding tert-OH is 1. The molecule has 4 nitrogen and oxygen atoms in total. The molecule has 0 bridgehead atoms. The van der Waals surface area contributed by atoms with Gasteiger partial charge in [-0.25, -0.2) is 0 Å². The van der Waals surface area contributed by atoms with Crippen molar-refractivity contribution >= 4 is 0 Å². The van der Waals surface area contributed by atoms with Crippen molar-refractivity contribution < 1.29 is 14.6 Å². The summed E-state index contributed by atoms with van der Waals surface area (Å²) in [5, 5.41) is 9.28. The first-order valence-corrected chi connectivity index (χ1v) is 6.39. The van der Waals surface area contributed by atoms with Crippen molar-refractivity contribution in [3.8, 4) is 22.8 Å². The van der Waals surface area contributed by atoms with Crippen molar-refractivity contribution in [2.45, 2.75) is 20.5 Å². The Bertz CT molecular complexity index is 616. The number of benzene rings is 1. The predicted octanol–water partition coefficient (Wildman–Crippen LogP) is 2.56. The fourth-order valence-electron chi connectivity index (χ4n) is 2.39. The van der Waals surface area contributed by atoms with Gasteiger partial charge in [0, 0.05) is 17.0 Å². The van der Waals surface area contributed by atoms with Crippen LogP contribution in [0.25, 0.3) is 11.3 Å². The van der Waals surface area contributed by atoms with Gasteiger partial charge in [-0.1, -0.05) is 0 Å². The van der Waals surface area contributed by atoms with Crippen molar-refractivity contribution in [2.24, 2.45) is 0 Å². The average Bonchev–Trinajstić information content (AvgIpc) is 2.79. The van der Waals surface area contributed by atoms with Gasteiger partial charge in [-0.3, -0.25) is 0 Å². The van der Waals surface area contributed by atoms with Gasteiger partial charge in [-0.05, 0) is 43.2 Å². The van der Waals surface area contributed by atoms with Crippen LogP contribution >= 0.6 is 0 Å². The maximum absolute atomic E-state index is 9.28. The molecule has 0 saturated carbocycles. The third-order valence-electron chi connectivity index (χ3n) is 3.47. The second-order valence-electron chi connectivity index (χ2n) is 4.80. The average molecular weight is 259 g/mol. The molecule has 0 fully saturated rings. The van der Waals surface area contributed by atoms with E-state index in [4.69, 9.17) is 9.47 Å². The van der Waals surface area contributed by atoms with Crippen LogP contribution in [-0.2, 0) is 6.61 Å². The number of rotatable bonds is 2. The van der Waals surface area contributed by atoms with Crippen LogP contribution in [0.5, 0.6) is 11.5 Å². The van der Waals surface area contributed by atoms with Gasteiger partial charge in [0.15, 0.2) is 11.5 Å². The van der Waals surface area contributed by atoms with Crippen LogP contribution in [0, 0.1) is 13.8 Å². The number of aromatic amines is 1. The normalized spacial score (nSPS) is 13.6. The summed E-state index contributed by atoms with van der Waals surface area (Å²) in [5.41, 5.74) is 5.11. The largest absolute Gasteiger partial charge is 0.486 e. The van der Waals surface area contributed by atoms with Crippen LogP contribution in [-0.4, -0.2) is 23.3 Å². The number of aliphatic hydroxyl groups is 1. The molecule has 0 atom stereocenters. The molecule has 2 aromatic rings. The summed E-state index contributed by atoms with van der Waals surface area (Å²) < 4.78 is 11.2. The van der Waals surface area contributed by atoms with Gasteiger partial charge in [-0.2, -0.15) is 0 Å². The lowest BCUT2D eigenvalue weighted by atomic mass is 10.0. The number of nitrogens with one attached hydrogen (secondary N) is 1. The van der Waals surface area contributed by atoms with E-state index in [0.29, 0.717) is 13.2 Å². The SMILES string of the molecule is Cc1cc2c(cc1-c1cc(CO)c(C)[nH]1)OCCO2. The monoisotopic (exact) mass is 259 g/mol. The van der Waals surface area contributed by atoms with E-state index in [1.165, 1.54) is 0 Å². The zero-order valence-electron chi connectivity index (χ0n) is 11.1. The molecule has 19 heavy (non-hydrogen) atoms. The third kappa shape index (κ3) is 2.08. The van der Waals surface area contributed by atoms with Crippen molar-refractivity contribution in [3.05, 3.63) is 35.0 Å². The Kier molecular flexibility index (Phi) is 2.95. The van der Waals surface area contributed by atoms with Gasteiger partial charge in [0.05, 0.1) is 6.61 Å². The molecule has 0 aliphatic carbocycles. The number of H-pyrrole nitrogens is 1. The van der Waals surface area contributed by atoms with E-state index in [1.54, 1.807) is 0 Å². The second kappa shape index (κ2) is 4.63. The standard InChI is InChI=1S/C15H17NO3/c1-9-5-14-15(19-4-3-18-14)7-12(9)13-6-11(8-17)10(2)16-13/h5-7,16-17H,3-4,8H2,1-2H3. The summed E-state index contributed by atoms with van der Waals surface area (Å²) in [4.78, 5) is 3.30. The molecular formula is C15H17NO3. The van der Waals surface area contributed by atoms with E-state index in [9.17, 15) is 5.11 Å². The lowest BCUT2D eigenvalue weighted by Gasteiger charge is -2.20. The van der Waals surface area contributed by atoms with E-state index < -0.39 is 0 Å². The number of aromatic nitrogens is 1. The molecule has 0 saturated heterocycles. The van der Waals surface area contributed by atoms with Crippen molar-refractivity contribution in [3.63, 3.8) is 0 Å². The maximum Gasteiger partial charge on any atom is 0.162 e. The molecule has 2 heterocycles. The molecule has 0 spiro atoms. The molecule has 0 amide bonds. The lowest BCUT2D eigenvalue weighted by Crippen LogP contribution is -2.15. The van der Waals surface area contributed by atoms with Crippen LogP contribution in [0.15, 0.2) is 18.2 Å². The molecule has 1 aromatic carbocycles. The first-order valence-electron chi connectivity index (χ1n) is 6.39. The van der Waals surface area contributed by atoms with E-state index in [-0.39, 0.29) is 6.61 Å². The van der Waals surface area contributed by atoms with Gasteiger partial charge in [0.2, 0.25) is 0 Å². The molecular weight excluding hydrogens is 242 g/mol. The van der Waals surface area contributed by atoms with Crippen molar-refractivity contribution in [2.75, 3.05) is 13.2 Å². The number of fused-ring (bicyclic) bond motifs is 1. The Balaban J connectivity index is 2.08. The number of ether oxygens (including phenoxy) is 2. The Morgan fingerprint density at radius 2 is 1.79 bits per heavy atom. The Labute approximate surface area is 112 Å². The molecule has 0 unspecified atom stereocenters. The van der Waals surface area contributed by atoms with Gasteiger partial charge in [0.1, 0.15) is 13.2 Å². The van der Waals surface area contributed by atoms with Crippen LogP contribution in [0.2, 0.25) is 0 Å². The summed E-state index contributed by atoms with van der Waals surface area (Å²) in [7, 11) is 0. The quantitative estimate of drug-likeness (QED) is 0.871. The lowest BCUT2D eigenvalue weighted by molar-refractivity contribution is 0.171. The highest BCUT2D eigenvalue weighted by Gasteiger charge is 2.16. The molecule has 2 N–H and O–H groups in total. The predicted molar refractivity (Wildman–Crippen MR) is 72.6 cm³/mol. The smallest absolute Gasteiger partial charge is 0.162 e. The topological polar surface area (TPSA) is 54.5 Å². The van der Waals surface area contributed by atoms with Gasteiger partial charge >= 0.3 is 0 Å². The fraction of sp³-hybridized carbons (Fsp3) is 0.333. The minimum absolute atomic E-state index is 0.0476. The summed E-state index contributed by atoms with van der Waals surface area (Å²) in [6, 6.07) is 5.97.